The minimum atomic E-state index is -0.673. The van der Waals surface area contributed by atoms with Crippen LogP contribution in [0.1, 0.15) is 68.7 Å². The van der Waals surface area contributed by atoms with Gasteiger partial charge in [-0.25, -0.2) is 4.79 Å². The fourth-order valence-corrected chi connectivity index (χ4v) is 6.07. The van der Waals surface area contributed by atoms with Crippen molar-refractivity contribution in [3.63, 3.8) is 0 Å². The summed E-state index contributed by atoms with van der Waals surface area (Å²) in [5.74, 6) is -0.797. The summed E-state index contributed by atoms with van der Waals surface area (Å²) in [5, 5.41) is 0. The van der Waals surface area contributed by atoms with Gasteiger partial charge >= 0.3 is 18.0 Å². The van der Waals surface area contributed by atoms with Gasteiger partial charge in [0.15, 0.2) is 0 Å². The number of fused-ring (bicyclic) bond motifs is 3. The first kappa shape index (κ1) is 30.3. The Morgan fingerprint density at radius 2 is 1.37 bits per heavy atom. The van der Waals surface area contributed by atoms with Gasteiger partial charge in [-0.05, 0) is 72.9 Å². The number of hydrogen-bond donors (Lipinski definition) is 0. The first-order valence-corrected chi connectivity index (χ1v) is 15.2. The second kappa shape index (κ2) is 13.0. The Morgan fingerprint density at radius 1 is 0.791 bits per heavy atom. The Morgan fingerprint density at radius 3 is 1.98 bits per heavy atom. The quantitative estimate of drug-likeness (QED) is 0.206. The van der Waals surface area contributed by atoms with E-state index in [0.29, 0.717) is 13.0 Å². The van der Waals surface area contributed by atoms with Gasteiger partial charge in [0.25, 0.3) is 0 Å². The molecule has 3 aromatic rings. The van der Waals surface area contributed by atoms with E-state index in [2.05, 4.69) is 31.2 Å². The van der Waals surface area contributed by atoms with Crippen molar-refractivity contribution in [1.29, 1.82) is 0 Å². The summed E-state index contributed by atoms with van der Waals surface area (Å²) in [4.78, 5) is 40.4. The van der Waals surface area contributed by atoms with Crippen LogP contribution in [0.4, 0.5) is 4.79 Å². The molecule has 1 saturated heterocycles. The number of rotatable bonds is 9. The molecule has 2 atom stereocenters. The van der Waals surface area contributed by atoms with E-state index < -0.39 is 11.7 Å². The van der Waals surface area contributed by atoms with Gasteiger partial charge in [0.1, 0.15) is 18.8 Å². The molecule has 2 aliphatic rings. The van der Waals surface area contributed by atoms with Crippen LogP contribution in [0.3, 0.4) is 0 Å². The van der Waals surface area contributed by atoms with Crippen molar-refractivity contribution >= 4 is 18.0 Å². The number of nitrogens with zero attached hydrogens (tertiary/aromatic N) is 1. The first-order chi connectivity index (χ1) is 20.6. The van der Waals surface area contributed by atoms with E-state index in [9.17, 15) is 14.4 Å². The summed E-state index contributed by atoms with van der Waals surface area (Å²) in [6.45, 7) is 8.17. The van der Waals surface area contributed by atoms with Crippen LogP contribution < -0.4 is 0 Å². The molecule has 0 saturated carbocycles. The number of esters is 2. The lowest BCUT2D eigenvalue weighted by atomic mass is 9.98. The van der Waals surface area contributed by atoms with E-state index in [1.54, 1.807) is 4.90 Å². The molecular weight excluding hydrogens is 542 g/mol. The summed E-state index contributed by atoms with van der Waals surface area (Å²) in [6.07, 6.45) is 1.31. The van der Waals surface area contributed by atoms with E-state index in [4.69, 9.17) is 14.2 Å². The third-order valence-corrected chi connectivity index (χ3v) is 8.17. The van der Waals surface area contributed by atoms with Gasteiger partial charge in [0.05, 0.1) is 18.9 Å². The maximum absolute atomic E-state index is 13.1. The standard InChI is InChI=1S/C36H41NO6/c1-5-24-14-16-25(17-15-24)19-33(38)41-22-27-18-26(21-37(27)35(40)43-36(2,3)4)20-34(39)42-23-32-30-12-8-6-10-28(30)29-11-7-9-13-31(29)32/h6-17,26-27,32H,5,18-23H2,1-4H3/t26-,27-/m0/s1. The van der Waals surface area contributed by atoms with Crippen LogP contribution in [0.5, 0.6) is 0 Å². The molecule has 1 aliphatic heterocycles. The van der Waals surface area contributed by atoms with E-state index >= 15 is 0 Å². The molecule has 0 bridgehead atoms. The Labute approximate surface area is 254 Å². The first-order valence-electron chi connectivity index (χ1n) is 15.2. The number of aryl methyl sites for hydroxylation is 1. The van der Waals surface area contributed by atoms with Gasteiger partial charge in [-0.2, -0.15) is 0 Å². The maximum Gasteiger partial charge on any atom is 0.410 e. The fourth-order valence-electron chi connectivity index (χ4n) is 6.07. The minimum Gasteiger partial charge on any atom is -0.465 e. The molecule has 0 N–H and O–H groups in total. The Balaban J connectivity index is 1.18. The van der Waals surface area contributed by atoms with Crippen LogP contribution in [-0.4, -0.2) is 54.3 Å². The molecule has 1 heterocycles. The zero-order valence-corrected chi connectivity index (χ0v) is 25.5. The highest BCUT2D eigenvalue weighted by atomic mass is 16.6. The van der Waals surface area contributed by atoms with Crippen LogP contribution in [0.2, 0.25) is 0 Å². The molecule has 0 spiro atoms. The monoisotopic (exact) mass is 583 g/mol. The topological polar surface area (TPSA) is 82.1 Å². The number of benzene rings is 3. The predicted molar refractivity (Wildman–Crippen MR) is 165 cm³/mol. The Bertz CT molecular complexity index is 1410. The third kappa shape index (κ3) is 7.45. The molecule has 43 heavy (non-hydrogen) atoms. The van der Waals surface area contributed by atoms with Crippen molar-refractivity contribution in [2.75, 3.05) is 19.8 Å². The molecule has 226 valence electrons. The summed E-state index contributed by atoms with van der Waals surface area (Å²) < 4.78 is 17.1. The minimum absolute atomic E-state index is 0.0106. The number of ether oxygens (including phenoxy) is 3. The van der Waals surface area contributed by atoms with Gasteiger partial charge < -0.3 is 19.1 Å². The largest absolute Gasteiger partial charge is 0.465 e. The van der Waals surface area contributed by atoms with Crippen LogP contribution in [0.25, 0.3) is 11.1 Å². The maximum atomic E-state index is 13.1. The Hall–Kier alpha value is -4.13. The molecule has 1 amide bonds. The lowest BCUT2D eigenvalue weighted by molar-refractivity contribution is -0.145. The summed E-state index contributed by atoms with van der Waals surface area (Å²) >= 11 is 0. The summed E-state index contributed by atoms with van der Waals surface area (Å²) in [5.41, 5.74) is 6.10. The second-order valence-electron chi connectivity index (χ2n) is 12.5. The molecule has 5 rings (SSSR count). The zero-order chi connectivity index (χ0) is 30.6. The number of hydrogen-bond acceptors (Lipinski definition) is 6. The van der Waals surface area contributed by atoms with Crippen LogP contribution in [0, 0.1) is 5.92 Å². The van der Waals surface area contributed by atoms with Crippen LogP contribution in [-0.2, 0) is 36.6 Å². The van der Waals surface area contributed by atoms with Gasteiger partial charge in [-0.15, -0.1) is 0 Å². The number of carbonyl (C=O) groups excluding carboxylic acids is 3. The second-order valence-corrected chi connectivity index (χ2v) is 12.5. The highest BCUT2D eigenvalue weighted by Gasteiger charge is 2.39. The lowest BCUT2D eigenvalue weighted by Gasteiger charge is -2.28. The van der Waals surface area contributed by atoms with Crippen molar-refractivity contribution in [3.05, 3.63) is 95.1 Å². The number of amides is 1. The molecule has 7 heteroatoms. The fraction of sp³-hybridized carbons (Fsp3) is 0.417. The summed E-state index contributed by atoms with van der Waals surface area (Å²) in [6, 6.07) is 24.0. The number of likely N-dealkylation sites (tertiary alicyclic amines) is 1. The molecule has 0 aromatic heterocycles. The van der Waals surface area contributed by atoms with E-state index in [0.717, 1.165) is 23.1 Å². The molecule has 1 fully saturated rings. The normalized spacial score (nSPS) is 17.7. The van der Waals surface area contributed by atoms with Crippen LogP contribution in [0.15, 0.2) is 72.8 Å². The zero-order valence-electron chi connectivity index (χ0n) is 25.5. The van der Waals surface area contributed by atoms with Crippen molar-refractivity contribution in [3.8, 4) is 11.1 Å². The van der Waals surface area contributed by atoms with E-state index in [1.165, 1.54) is 16.7 Å². The lowest BCUT2D eigenvalue weighted by Crippen LogP contribution is -2.42. The molecule has 0 unspecified atom stereocenters. The van der Waals surface area contributed by atoms with Crippen molar-refractivity contribution in [1.82, 2.24) is 4.90 Å². The van der Waals surface area contributed by atoms with Gasteiger partial charge in [-0.3, -0.25) is 9.59 Å². The van der Waals surface area contributed by atoms with Crippen LogP contribution >= 0.6 is 0 Å². The third-order valence-electron chi connectivity index (χ3n) is 8.17. The smallest absolute Gasteiger partial charge is 0.410 e. The molecule has 7 nitrogen and oxygen atoms in total. The van der Waals surface area contributed by atoms with Crippen molar-refractivity contribution in [2.45, 2.75) is 70.9 Å². The SMILES string of the molecule is CCc1ccc(CC(=O)OC[C@@H]2C[C@@H](CC(=O)OCC3c4ccccc4-c4ccccc43)CN2C(=O)OC(C)(C)C)cc1. The van der Waals surface area contributed by atoms with Gasteiger partial charge in [-0.1, -0.05) is 79.7 Å². The van der Waals surface area contributed by atoms with Gasteiger partial charge in [0, 0.05) is 12.5 Å². The molecule has 0 radical (unpaired) electrons. The van der Waals surface area contributed by atoms with E-state index in [1.807, 2.05) is 69.3 Å². The average molecular weight is 584 g/mol. The highest BCUT2D eigenvalue weighted by Crippen LogP contribution is 2.44. The van der Waals surface area contributed by atoms with E-state index in [-0.39, 0.29) is 55.9 Å². The number of carbonyl (C=O) groups is 3. The average Bonchev–Trinajstić information content (AvgIpc) is 3.53. The predicted octanol–water partition coefficient (Wildman–Crippen LogP) is 6.71. The summed E-state index contributed by atoms with van der Waals surface area (Å²) in [7, 11) is 0. The van der Waals surface area contributed by atoms with Crippen molar-refractivity contribution < 1.29 is 28.6 Å². The Kier molecular flexibility index (Phi) is 9.19. The molecule has 1 aliphatic carbocycles. The highest BCUT2D eigenvalue weighted by molar-refractivity contribution is 5.79. The van der Waals surface area contributed by atoms with Gasteiger partial charge in [0.2, 0.25) is 0 Å². The molecular formula is C36H41NO6. The van der Waals surface area contributed by atoms with Crippen molar-refractivity contribution in [2.24, 2.45) is 5.92 Å². The molecule has 3 aromatic carbocycles.